The van der Waals surface area contributed by atoms with E-state index in [0.29, 0.717) is 21.7 Å². The van der Waals surface area contributed by atoms with Crippen LogP contribution < -0.4 is 10.9 Å². The second-order valence-corrected chi connectivity index (χ2v) is 6.41. The standard InChI is InChI=1S/C20H18ClN3O2/c1-13(22-18(25)11-8-14-6-4-3-5-7-14)19-23-17-12-15(21)9-10-16(17)20(26)24(19)2/h3-13H,1-2H3,(H,22,25)/t13-/m1/s1. The van der Waals surface area contributed by atoms with Gasteiger partial charge in [0.25, 0.3) is 5.56 Å². The molecule has 6 heteroatoms. The van der Waals surface area contributed by atoms with E-state index in [1.54, 1.807) is 38.2 Å². The molecule has 1 N–H and O–H groups in total. The SMILES string of the molecule is C[C@@H](NC(=O)C=Cc1ccccc1)c1nc2cc(Cl)ccc2c(=O)n1C. The topological polar surface area (TPSA) is 64.0 Å². The predicted octanol–water partition coefficient (Wildman–Crippen LogP) is 3.48. The lowest BCUT2D eigenvalue weighted by Gasteiger charge is -2.16. The van der Waals surface area contributed by atoms with E-state index in [1.165, 1.54) is 10.6 Å². The van der Waals surface area contributed by atoms with Crippen molar-refractivity contribution in [3.8, 4) is 0 Å². The van der Waals surface area contributed by atoms with Gasteiger partial charge in [0.15, 0.2) is 0 Å². The number of nitrogens with one attached hydrogen (secondary N) is 1. The Balaban J connectivity index is 1.84. The molecule has 0 spiro atoms. The predicted molar refractivity (Wildman–Crippen MR) is 104 cm³/mol. The van der Waals surface area contributed by atoms with Crippen molar-refractivity contribution in [3.63, 3.8) is 0 Å². The first-order valence-electron chi connectivity index (χ1n) is 8.15. The zero-order chi connectivity index (χ0) is 18.7. The number of amides is 1. The third-order valence-corrected chi connectivity index (χ3v) is 4.28. The maximum absolute atomic E-state index is 12.5. The largest absolute Gasteiger partial charge is 0.343 e. The lowest BCUT2D eigenvalue weighted by molar-refractivity contribution is -0.117. The fraction of sp³-hybridized carbons (Fsp3) is 0.150. The third-order valence-electron chi connectivity index (χ3n) is 4.05. The zero-order valence-electron chi connectivity index (χ0n) is 14.4. The molecule has 3 aromatic rings. The Bertz CT molecular complexity index is 1040. The average molecular weight is 368 g/mol. The summed E-state index contributed by atoms with van der Waals surface area (Å²) in [6, 6.07) is 14.1. The van der Waals surface area contributed by atoms with Crippen LogP contribution in [0.5, 0.6) is 0 Å². The molecule has 1 aromatic heterocycles. The van der Waals surface area contributed by atoms with Gasteiger partial charge in [0.2, 0.25) is 5.91 Å². The van der Waals surface area contributed by atoms with Gasteiger partial charge in [0.05, 0.1) is 16.9 Å². The van der Waals surface area contributed by atoms with Gasteiger partial charge in [-0.2, -0.15) is 0 Å². The van der Waals surface area contributed by atoms with Crippen molar-refractivity contribution in [2.24, 2.45) is 7.05 Å². The van der Waals surface area contributed by atoms with E-state index >= 15 is 0 Å². The summed E-state index contributed by atoms with van der Waals surface area (Å²) < 4.78 is 1.45. The Kier molecular flexibility index (Phi) is 5.19. The number of carbonyl (C=O) groups excluding carboxylic acids is 1. The van der Waals surface area contributed by atoms with E-state index < -0.39 is 6.04 Å². The number of benzene rings is 2. The number of halogens is 1. The summed E-state index contributed by atoms with van der Waals surface area (Å²) >= 11 is 6.00. The molecule has 1 amide bonds. The Morgan fingerprint density at radius 1 is 1.23 bits per heavy atom. The molecule has 0 aliphatic rings. The molecule has 0 aliphatic heterocycles. The van der Waals surface area contributed by atoms with Crippen LogP contribution in [0.2, 0.25) is 5.02 Å². The van der Waals surface area contributed by atoms with Gasteiger partial charge in [-0.05, 0) is 36.8 Å². The van der Waals surface area contributed by atoms with E-state index in [-0.39, 0.29) is 11.5 Å². The van der Waals surface area contributed by atoms with Crippen LogP contribution in [0.15, 0.2) is 59.4 Å². The molecule has 2 aromatic carbocycles. The maximum Gasteiger partial charge on any atom is 0.261 e. The number of aromatic nitrogens is 2. The first-order chi connectivity index (χ1) is 12.5. The van der Waals surface area contributed by atoms with E-state index in [1.807, 2.05) is 30.3 Å². The first-order valence-corrected chi connectivity index (χ1v) is 8.53. The molecule has 0 fully saturated rings. The molecule has 26 heavy (non-hydrogen) atoms. The second kappa shape index (κ2) is 7.54. The lowest BCUT2D eigenvalue weighted by Crippen LogP contribution is -2.31. The molecular weight excluding hydrogens is 350 g/mol. The average Bonchev–Trinajstić information content (AvgIpc) is 2.63. The van der Waals surface area contributed by atoms with Crippen molar-refractivity contribution in [1.29, 1.82) is 0 Å². The summed E-state index contributed by atoms with van der Waals surface area (Å²) in [5.74, 6) is 0.202. The Morgan fingerprint density at radius 2 is 1.96 bits per heavy atom. The first kappa shape index (κ1) is 17.9. The second-order valence-electron chi connectivity index (χ2n) is 5.97. The minimum Gasteiger partial charge on any atom is -0.343 e. The number of rotatable bonds is 4. The van der Waals surface area contributed by atoms with Gasteiger partial charge in [-0.25, -0.2) is 4.98 Å². The summed E-state index contributed by atoms with van der Waals surface area (Å²) in [5, 5.41) is 3.83. The number of hydrogen-bond acceptors (Lipinski definition) is 3. The van der Waals surface area contributed by atoms with Crippen LogP contribution in [0, 0.1) is 0 Å². The van der Waals surface area contributed by atoms with Gasteiger partial charge in [-0.15, -0.1) is 0 Å². The maximum atomic E-state index is 12.5. The molecular formula is C20H18ClN3O2. The van der Waals surface area contributed by atoms with Crippen molar-refractivity contribution in [3.05, 3.63) is 81.4 Å². The highest BCUT2D eigenvalue weighted by Gasteiger charge is 2.15. The van der Waals surface area contributed by atoms with Crippen LogP contribution in [-0.4, -0.2) is 15.5 Å². The minimum absolute atomic E-state index is 0.178. The quantitative estimate of drug-likeness (QED) is 0.718. The molecule has 1 heterocycles. The van der Waals surface area contributed by atoms with E-state index in [2.05, 4.69) is 10.3 Å². The Labute approximate surface area is 155 Å². The summed E-state index contributed by atoms with van der Waals surface area (Å²) in [5.41, 5.74) is 1.26. The molecule has 0 saturated heterocycles. The fourth-order valence-electron chi connectivity index (χ4n) is 2.71. The van der Waals surface area contributed by atoms with E-state index in [9.17, 15) is 9.59 Å². The van der Waals surface area contributed by atoms with Crippen molar-refractivity contribution in [1.82, 2.24) is 14.9 Å². The van der Waals surface area contributed by atoms with Crippen molar-refractivity contribution in [2.75, 3.05) is 0 Å². The molecule has 0 radical (unpaired) electrons. The van der Waals surface area contributed by atoms with Crippen LogP contribution in [0.4, 0.5) is 0 Å². The molecule has 0 bridgehead atoms. The van der Waals surface area contributed by atoms with Gasteiger partial charge in [-0.1, -0.05) is 41.9 Å². The van der Waals surface area contributed by atoms with Gasteiger partial charge in [0.1, 0.15) is 5.82 Å². The van der Waals surface area contributed by atoms with E-state index in [4.69, 9.17) is 11.6 Å². The zero-order valence-corrected chi connectivity index (χ0v) is 15.2. The van der Waals surface area contributed by atoms with Crippen LogP contribution in [0.25, 0.3) is 17.0 Å². The fourth-order valence-corrected chi connectivity index (χ4v) is 2.88. The third kappa shape index (κ3) is 3.83. The number of hydrogen-bond donors (Lipinski definition) is 1. The van der Waals surface area contributed by atoms with Crippen LogP contribution in [0.3, 0.4) is 0 Å². The Morgan fingerprint density at radius 3 is 2.69 bits per heavy atom. The normalized spacial score (nSPS) is 12.4. The Hall–Kier alpha value is -2.92. The number of nitrogens with zero attached hydrogens (tertiary/aromatic N) is 2. The summed E-state index contributed by atoms with van der Waals surface area (Å²) in [6.07, 6.45) is 3.19. The molecule has 0 aliphatic carbocycles. The molecule has 132 valence electrons. The molecule has 3 rings (SSSR count). The van der Waals surface area contributed by atoms with Crippen molar-refractivity contribution >= 4 is 34.5 Å². The summed E-state index contributed by atoms with van der Waals surface area (Å²) in [7, 11) is 1.64. The van der Waals surface area contributed by atoms with Crippen molar-refractivity contribution < 1.29 is 4.79 Å². The smallest absolute Gasteiger partial charge is 0.261 e. The van der Waals surface area contributed by atoms with Gasteiger partial charge in [0, 0.05) is 18.1 Å². The van der Waals surface area contributed by atoms with Crippen LogP contribution in [0.1, 0.15) is 24.4 Å². The van der Waals surface area contributed by atoms with Crippen molar-refractivity contribution in [2.45, 2.75) is 13.0 Å². The molecule has 5 nitrogen and oxygen atoms in total. The van der Waals surface area contributed by atoms with E-state index in [0.717, 1.165) is 5.56 Å². The van der Waals surface area contributed by atoms with Gasteiger partial charge >= 0.3 is 0 Å². The summed E-state index contributed by atoms with van der Waals surface area (Å²) in [6.45, 7) is 1.78. The highest BCUT2D eigenvalue weighted by Crippen LogP contribution is 2.17. The lowest BCUT2D eigenvalue weighted by atomic mass is 10.2. The molecule has 1 atom stereocenters. The number of carbonyl (C=O) groups is 1. The molecule has 0 unspecified atom stereocenters. The number of fused-ring (bicyclic) bond motifs is 1. The van der Waals surface area contributed by atoms with Gasteiger partial charge < -0.3 is 5.32 Å². The van der Waals surface area contributed by atoms with Crippen LogP contribution in [-0.2, 0) is 11.8 Å². The monoisotopic (exact) mass is 367 g/mol. The highest BCUT2D eigenvalue weighted by molar-refractivity contribution is 6.31. The van der Waals surface area contributed by atoms with Crippen LogP contribution >= 0.6 is 11.6 Å². The summed E-state index contributed by atoms with van der Waals surface area (Å²) in [4.78, 5) is 29.2. The highest BCUT2D eigenvalue weighted by atomic mass is 35.5. The van der Waals surface area contributed by atoms with Gasteiger partial charge in [-0.3, -0.25) is 14.2 Å². The minimum atomic E-state index is -0.441. The molecule has 0 saturated carbocycles.